The molecule has 29 heavy (non-hydrogen) atoms. The smallest absolute Gasteiger partial charge is 0.256 e. The first-order valence-electron chi connectivity index (χ1n) is 11.2. The van der Waals surface area contributed by atoms with Gasteiger partial charge >= 0.3 is 0 Å². The molecule has 1 aliphatic carbocycles. The number of pyridine rings is 1. The van der Waals surface area contributed by atoms with Crippen molar-refractivity contribution >= 4 is 22.7 Å². The van der Waals surface area contributed by atoms with Gasteiger partial charge < -0.3 is 4.98 Å². The van der Waals surface area contributed by atoms with Gasteiger partial charge in [-0.05, 0) is 36.3 Å². The number of aromatic amines is 1. The lowest BCUT2D eigenvalue weighted by atomic mass is 9.99. The predicted molar refractivity (Wildman–Crippen MR) is 121 cm³/mol. The maximum absolute atomic E-state index is 12.4. The van der Waals surface area contributed by atoms with Gasteiger partial charge in [0.05, 0.1) is 0 Å². The minimum Gasteiger partial charge on any atom is -0.324 e. The van der Waals surface area contributed by atoms with Gasteiger partial charge in [-0.3, -0.25) is 14.6 Å². The van der Waals surface area contributed by atoms with E-state index in [-0.39, 0.29) is 5.56 Å². The van der Waals surface area contributed by atoms with Gasteiger partial charge in [-0.25, -0.2) is 4.31 Å². The van der Waals surface area contributed by atoms with Crippen LogP contribution in [0, 0.1) is 0 Å². The molecule has 6 heteroatoms. The number of rotatable bonds is 5. The Morgan fingerprint density at radius 2 is 1.76 bits per heavy atom. The number of fused-ring (bicyclic) bond motifs is 3. The van der Waals surface area contributed by atoms with E-state index in [0.717, 1.165) is 47.8 Å². The summed E-state index contributed by atoms with van der Waals surface area (Å²) in [4.78, 5) is 20.9. The molecular weight excluding hydrogens is 380 g/mol. The van der Waals surface area contributed by atoms with Crippen LogP contribution in [-0.4, -0.2) is 70.2 Å². The normalized spacial score (nSPS) is 22.3. The zero-order chi connectivity index (χ0) is 19.6. The highest BCUT2D eigenvalue weighted by Crippen LogP contribution is 2.27. The van der Waals surface area contributed by atoms with Crippen molar-refractivity contribution in [1.82, 2.24) is 19.1 Å². The van der Waals surface area contributed by atoms with Gasteiger partial charge in [-0.2, -0.15) is 0 Å². The fourth-order valence-corrected chi connectivity index (χ4v) is 6.37. The standard InChI is InChI=1S/C23H32N4OS/c28-23-21-8-4-3-7-19(21)20-9-10-27(17-22(20)24-23)29-16-15-25-11-13-26(14-12-25)18-5-1-2-6-18/h3-4,7-8,18H,1-2,5-6,9-17H2,(H,24,28). The van der Waals surface area contributed by atoms with Crippen molar-refractivity contribution in [3.8, 4) is 0 Å². The topological polar surface area (TPSA) is 42.6 Å². The summed E-state index contributed by atoms with van der Waals surface area (Å²) in [6.45, 7) is 8.01. The number of benzene rings is 1. The second-order valence-electron chi connectivity index (χ2n) is 8.72. The Balaban J connectivity index is 1.11. The lowest BCUT2D eigenvalue weighted by Crippen LogP contribution is -2.50. The summed E-state index contributed by atoms with van der Waals surface area (Å²) < 4.78 is 2.43. The maximum Gasteiger partial charge on any atom is 0.256 e. The summed E-state index contributed by atoms with van der Waals surface area (Å²) in [6, 6.07) is 8.88. The molecule has 0 amide bonds. The Hall–Kier alpha value is -1.34. The molecule has 0 bridgehead atoms. The third-order valence-corrected chi connectivity index (χ3v) is 8.04. The highest BCUT2D eigenvalue weighted by atomic mass is 32.2. The van der Waals surface area contributed by atoms with Crippen LogP contribution in [0.15, 0.2) is 29.1 Å². The van der Waals surface area contributed by atoms with E-state index in [1.807, 2.05) is 30.1 Å². The van der Waals surface area contributed by atoms with Crippen molar-refractivity contribution in [2.75, 3.05) is 45.0 Å². The number of hydrogen-bond acceptors (Lipinski definition) is 5. The number of nitrogens with zero attached hydrogens (tertiary/aromatic N) is 3. The zero-order valence-corrected chi connectivity index (χ0v) is 18.1. The van der Waals surface area contributed by atoms with Crippen molar-refractivity contribution in [1.29, 1.82) is 0 Å². The molecule has 0 spiro atoms. The van der Waals surface area contributed by atoms with E-state index in [2.05, 4.69) is 25.2 Å². The third-order valence-electron chi connectivity index (χ3n) is 7.00. The number of hydrogen-bond donors (Lipinski definition) is 1. The molecule has 1 aromatic heterocycles. The molecule has 2 fully saturated rings. The van der Waals surface area contributed by atoms with E-state index in [0.29, 0.717) is 0 Å². The molecule has 156 valence electrons. The number of H-pyrrole nitrogens is 1. The van der Waals surface area contributed by atoms with Crippen molar-refractivity contribution in [3.05, 3.63) is 45.9 Å². The second-order valence-corrected chi connectivity index (χ2v) is 9.90. The van der Waals surface area contributed by atoms with Crippen LogP contribution in [-0.2, 0) is 13.0 Å². The van der Waals surface area contributed by atoms with Gasteiger partial charge in [-0.1, -0.05) is 43.0 Å². The molecule has 0 radical (unpaired) electrons. The number of nitrogens with one attached hydrogen (secondary N) is 1. The molecule has 1 N–H and O–H groups in total. The van der Waals surface area contributed by atoms with Crippen LogP contribution in [0.2, 0.25) is 0 Å². The van der Waals surface area contributed by atoms with Crippen molar-refractivity contribution < 1.29 is 0 Å². The Morgan fingerprint density at radius 1 is 1.00 bits per heavy atom. The van der Waals surface area contributed by atoms with Crippen LogP contribution in [0.5, 0.6) is 0 Å². The minimum absolute atomic E-state index is 0.0475. The van der Waals surface area contributed by atoms with Crippen LogP contribution >= 0.6 is 11.9 Å². The molecule has 3 heterocycles. The summed E-state index contributed by atoms with van der Waals surface area (Å²) in [5, 5.41) is 1.96. The highest BCUT2D eigenvalue weighted by Gasteiger charge is 2.26. The molecule has 2 aromatic rings. The summed E-state index contributed by atoms with van der Waals surface area (Å²) in [5.41, 5.74) is 2.49. The molecule has 1 saturated heterocycles. The molecule has 0 unspecified atom stereocenters. The minimum atomic E-state index is 0.0475. The molecule has 1 aromatic carbocycles. The Kier molecular flexibility index (Phi) is 5.95. The largest absolute Gasteiger partial charge is 0.324 e. The van der Waals surface area contributed by atoms with E-state index in [4.69, 9.17) is 0 Å². The fourth-order valence-electron chi connectivity index (χ4n) is 5.33. The van der Waals surface area contributed by atoms with Gasteiger partial charge in [0.2, 0.25) is 0 Å². The van der Waals surface area contributed by atoms with E-state index in [1.165, 1.54) is 64.0 Å². The lowest BCUT2D eigenvalue weighted by molar-refractivity contribution is 0.102. The molecule has 2 aliphatic heterocycles. The summed E-state index contributed by atoms with van der Waals surface area (Å²) in [7, 11) is 0. The summed E-state index contributed by atoms with van der Waals surface area (Å²) >= 11 is 1.95. The van der Waals surface area contributed by atoms with Crippen molar-refractivity contribution in [2.45, 2.75) is 44.7 Å². The van der Waals surface area contributed by atoms with Crippen LogP contribution in [0.3, 0.4) is 0 Å². The van der Waals surface area contributed by atoms with Gasteiger partial charge in [0.15, 0.2) is 0 Å². The van der Waals surface area contributed by atoms with E-state index >= 15 is 0 Å². The van der Waals surface area contributed by atoms with Crippen molar-refractivity contribution in [3.63, 3.8) is 0 Å². The Morgan fingerprint density at radius 3 is 2.55 bits per heavy atom. The Bertz CT molecular complexity index is 899. The number of piperazine rings is 1. The summed E-state index contributed by atoms with van der Waals surface area (Å²) in [6.07, 6.45) is 6.72. The lowest BCUT2D eigenvalue weighted by Gasteiger charge is -2.38. The average molecular weight is 413 g/mol. The quantitative estimate of drug-likeness (QED) is 0.765. The van der Waals surface area contributed by atoms with Crippen LogP contribution in [0.1, 0.15) is 36.9 Å². The Labute approximate surface area is 177 Å². The predicted octanol–water partition coefficient (Wildman–Crippen LogP) is 3.09. The van der Waals surface area contributed by atoms with Gasteiger partial charge in [0, 0.05) is 68.7 Å². The zero-order valence-electron chi connectivity index (χ0n) is 17.2. The van der Waals surface area contributed by atoms with Crippen LogP contribution < -0.4 is 5.56 Å². The van der Waals surface area contributed by atoms with E-state index in [9.17, 15) is 4.79 Å². The molecule has 0 atom stereocenters. The number of aromatic nitrogens is 1. The highest BCUT2D eigenvalue weighted by molar-refractivity contribution is 7.97. The SMILES string of the molecule is O=c1[nH]c2c(c3ccccc13)CCN(SCCN1CCN(C3CCCC3)CC1)C2. The third kappa shape index (κ3) is 4.26. The van der Waals surface area contributed by atoms with Gasteiger partial charge in [-0.15, -0.1) is 0 Å². The van der Waals surface area contributed by atoms with Crippen LogP contribution in [0.25, 0.3) is 10.8 Å². The van der Waals surface area contributed by atoms with E-state index in [1.54, 1.807) is 0 Å². The van der Waals surface area contributed by atoms with Gasteiger partial charge in [0.1, 0.15) is 0 Å². The van der Waals surface area contributed by atoms with Crippen LogP contribution in [0.4, 0.5) is 0 Å². The molecule has 5 nitrogen and oxygen atoms in total. The first kappa shape index (κ1) is 19.6. The maximum atomic E-state index is 12.4. The molecule has 5 rings (SSSR count). The average Bonchev–Trinajstić information content (AvgIpc) is 3.29. The summed E-state index contributed by atoms with van der Waals surface area (Å²) in [5.74, 6) is 1.14. The first-order chi connectivity index (χ1) is 14.3. The second kappa shape index (κ2) is 8.80. The monoisotopic (exact) mass is 412 g/mol. The van der Waals surface area contributed by atoms with Gasteiger partial charge in [0.25, 0.3) is 5.56 Å². The van der Waals surface area contributed by atoms with E-state index < -0.39 is 0 Å². The molecule has 3 aliphatic rings. The molecular formula is C23H32N4OS. The fraction of sp³-hybridized carbons (Fsp3) is 0.609. The molecule has 1 saturated carbocycles. The first-order valence-corrected chi connectivity index (χ1v) is 12.2. The van der Waals surface area contributed by atoms with Crippen molar-refractivity contribution in [2.24, 2.45) is 0 Å².